The molecule has 8 nitrogen and oxygen atoms in total. The molecular formula is C28H31ClN2O6S. The van der Waals surface area contributed by atoms with E-state index in [1.54, 1.807) is 83.4 Å². The molecule has 1 aromatic heterocycles. The van der Waals surface area contributed by atoms with Crippen LogP contribution in [-0.4, -0.2) is 36.2 Å². The Morgan fingerprint density at radius 3 is 2.34 bits per heavy atom. The first-order chi connectivity index (χ1) is 17.7. The van der Waals surface area contributed by atoms with Crippen molar-refractivity contribution in [2.45, 2.75) is 45.6 Å². The molecule has 3 aromatic rings. The van der Waals surface area contributed by atoms with E-state index >= 15 is 0 Å². The molecule has 0 radical (unpaired) electrons. The lowest BCUT2D eigenvalue weighted by atomic mass is 9.91. The molecule has 10 heteroatoms. The Morgan fingerprint density at radius 2 is 1.71 bits per heavy atom. The number of ketones is 1. The minimum Gasteiger partial charge on any atom is -0.444 e. The van der Waals surface area contributed by atoms with Crippen molar-refractivity contribution < 1.29 is 22.7 Å². The number of pyridine rings is 1. The summed E-state index contributed by atoms with van der Waals surface area (Å²) in [6.45, 7) is 6.71. The second-order valence-corrected chi connectivity index (χ2v) is 12.6. The summed E-state index contributed by atoms with van der Waals surface area (Å²) in [5, 5.41) is 2.92. The SMILES string of the molecule is CCS(=O)(=O)Cc1ccc(C(=O)c2ccccc2Cl)c(-c2cn(C)c(=O)cc2CNC(=O)OC(C)(C)C)c1. The molecule has 2 aromatic carbocycles. The van der Waals surface area contributed by atoms with E-state index in [1.165, 1.54) is 10.6 Å². The Kier molecular flexibility index (Phi) is 8.84. The average Bonchev–Trinajstić information content (AvgIpc) is 2.83. The van der Waals surface area contributed by atoms with Gasteiger partial charge in [0.1, 0.15) is 5.60 Å². The van der Waals surface area contributed by atoms with Gasteiger partial charge in [0.05, 0.1) is 10.8 Å². The van der Waals surface area contributed by atoms with E-state index in [9.17, 15) is 22.8 Å². The van der Waals surface area contributed by atoms with E-state index in [1.807, 2.05) is 0 Å². The lowest BCUT2D eigenvalue weighted by molar-refractivity contribution is 0.0523. The smallest absolute Gasteiger partial charge is 0.407 e. The highest BCUT2D eigenvalue weighted by Gasteiger charge is 2.22. The predicted molar refractivity (Wildman–Crippen MR) is 148 cm³/mol. The molecule has 3 rings (SSSR count). The third kappa shape index (κ3) is 7.33. The van der Waals surface area contributed by atoms with E-state index < -0.39 is 21.5 Å². The first kappa shape index (κ1) is 29.1. The second-order valence-electron chi connectivity index (χ2n) is 9.88. The number of amides is 1. The summed E-state index contributed by atoms with van der Waals surface area (Å²) in [6.07, 6.45) is 0.893. The van der Waals surface area contributed by atoms with Crippen molar-refractivity contribution in [3.63, 3.8) is 0 Å². The molecule has 38 heavy (non-hydrogen) atoms. The van der Waals surface area contributed by atoms with Crippen molar-refractivity contribution in [1.82, 2.24) is 9.88 Å². The van der Waals surface area contributed by atoms with Crippen LogP contribution in [0.1, 0.15) is 54.7 Å². The molecule has 0 aliphatic rings. The van der Waals surface area contributed by atoms with Crippen LogP contribution in [0.5, 0.6) is 0 Å². The quantitative estimate of drug-likeness (QED) is 0.394. The maximum atomic E-state index is 13.6. The molecule has 0 unspecified atom stereocenters. The number of halogens is 1. The third-order valence-electron chi connectivity index (χ3n) is 5.70. The molecule has 0 spiro atoms. The Labute approximate surface area is 227 Å². The number of aryl methyl sites for hydroxylation is 1. The highest BCUT2D eigenvalue weighted by Crippen LogP contribution is 2.31. The molecule has 0 bridgehead atoms. The molecule has 1 heterocycles. The van der Waals surface area contributed by atoms with Crippen LogP contribution in [0.3, 0.4) is 0 Å². The summed E-state index contributed by atoms with van der Waals surface area (Å²) in [5.74, 6) is -0.614. The Hall–Kier alpha value is -3.43. The number of alkyl carbamates (subject to hydrolysis) is 1. The van der Waals surface area contributed by atoms with Gasteiger partial charge >= 0.3 is 6.09 Å². The molecule has 0 saturated heterocycles. The van der Waals surface area contributed by atoms with Crippen molar-refractivity contribution in [3.8, 4) is 11.1 Å². The number of aromatic nitrogens is 1. The first-order valence-corrected chi connectivity index (χ1v) is 14.2. The summed E-state index contributed by atoms with van der Waals surface area (Å²) >= 11 is 6.31. The summed E-state index contributed by atoms with van der Waals surface area (Å²) < 4.78 is 31.4. The fraction of sp³-hybridized carbons (Fsp3) is 0.321. The van der Waals surface area contributed by atoms with Crippen LogP contribution >= 0.6 is 11.6 Å². The number of hydrogen-bond donors (Lipinski definition) is 1. The lowest BCUT2D eigenvalue weighted by Crippen LogP contribution is -2.32. The van der Waals surface area contributed by atoms with Gasteiger partial charge in [-0.3, -0.25) is 9.59 Å². The number of sulfone groups is 1. The molecule has 1 amide bonds. The van der Waals surface area contributed by atoms with E-state index in [4.69, 9.17) is 16.3 Å². The number of rotatable bonds is 8. The number of nitrogens with one attached hydrogen (secondary N) is 1. The predicted octanol–water partition coefficient (Wildman–Crippen LogP) is 4.90. The van der Waals surface area contributed by atoms with Crippen LogP contribution in [0, 0.1) is 0 Å². The maximum absolute atomic E-state index is 13.6. The zero-order valence-corrected chi connectivity index (χ0v) is 23.6. The van der Waals surface area contributed by atoms with Gasteiger partial charge in [-0.1, -0.05) is 42.8 Å². The first-order valence-electron chi connectivity index (χ1n) is 12.0. The average molecular weight is 559 g/mol. The van der Waals surface area contributed by atoms with Crippen LogP contribution < -0.4 is 10.9 Å². The summed E-state index contributed by atoms with van der Waals surface area (Å²) in [7, 11) is -1.79. The van der Waals surface area contributed by atoms with Gasteiger partial charge in [0.2, 0.25) is 0 Å². The van der Waals surface area contributed by atoms with E-state index in [2.05, 4.69) is 5.32 Å². The summed E-state index contributed by atoms with van der Waals surface area (Å²) in [6, 6.07) is 12.8. The van der Waals surface area contributed by atoms with Gasteiger partial charge in [-0.05, 0) is 55.7 Å². The monoisotopic (exact) mass is 558 g/mol. The van der Waals surface area contributed by atoms with Gasteiger partial charge in [0, 0.05) is 48.3 Å². The molecule has 1 N–H and O–H groups in total. The van der Waals surface area contributed by atoms with Gasteiger partial charge in [-0.2, -0.15) is 0 Å². The minimum absolute atomic E-state index is 0.0342. The highest BCUT2D eigenvalue weighted by molar-refractivity contribution is 7.90. The van der Waals surface area contributed by atoms with Gasteiger partial charge in [0.25, 0.3) is 5.56 Å². The van der Waals surface area contributed by atoms with Gasteiger partial charge in [-0.15, -0.1) is 0 Å². The molecule has 0 saturated carbocycles. The van der Waals surface area contributed by atoms with E-state index in [0.29, 0.717) is 22.3 Å². The zero-order valence-electron chi connectivity index (χ0n) is 22.0. The van der Waals surface area contributed by atoms with Gasteiger partial charge < -0.3 is 14.6 Å². The Balaban J connectivity index is 2.19. The number of nitrogens with zero attached hydrogens (tertiary/aromatic N) is 1. The maximum Gasteiger partial charge on any atom is 0.407 e. The van der Waals surface area contributed by atoms with E-state index in [0.717, 1.165) is 0 Å². The summed E-state index contributed by atoms with van der Waals surface area (Å²) in [4.78, 5) is 38.5. The number of carbonyl (C=O) groups excluding carboxylic acids is 2. The fourth-order valence-electron chi connectivity index (χ4n) is 3.79. The van der Waals surface area contributed by atoms with Crippen LogP contribution in [0.25, 0.3) is 11.1 Å². The molecule has 0 fully saturated rings. The highest BCUT2D eigenvalue weighted by atomic mass is 35.5. The van der Waals surface area contributed by atoms with Crippen molar-refractivity contribution in [3.05, 3.63) is 92.4 Å². The largest absolute Gasteiger partial charge is 0.444 e. The molecule has 0 atom stereocenters. The number of benzene rings is 2. The van der Waals surface area contributed by atoms with Gasteiger partial charge in [-0.25, -0.2) is 13.2 Å². The molecule has 0 aliphatic heterocycles. The number of ether oxygens (including phenoxy) is 1. The molecule has 202 valence electrons. The number of hydrogen-bond acceptors (Lipinski definition) is 6. The van der Waals surface area contributed by atoms with Crippen molar-refractivity contribution in [1.29, 1.82) is 0 Å². The third-order valence-corrected chi connectivity index (χ3v) is 7.68. The van der Waals surface area contributed by atoms with Crippen LogP contribution in [-0.2, 0) is 33.9 Å². The van der Waals surface area contributed by atoms with Crippen LogP contribution in [0.15, 0.2) is 59.5 Å². The Bertz CT molecular complexity index is 1540. The zero-order chi connectivity index (χ0) is 28.3. The van der Waals surface area contributed by atoms with E-state index in [-0.39, 0.29) is 45.5 Å². The van der Waals surface area contributed by atoms with Crippen LogP contribution in [0.4, 0.5) is 4.79 Å². The molecular weight excluding hydrogens is 528 g/mol. The van der Waals surface area contributed by atoms with Crippen molar-refractivity contribution in [2.24, 2.45) is 7.05 Å². The minimum atomic E-state index is -3.36. The topological polar surface area (TPSA) is 112 Å². The second kappa shape index (κ2) is 11.5. The van der Waals surface area contributed by atoms with Crippen molar-refractivity contribution >= 4 is 33.3 Å². The fourth-order valence-corrected chi connectivity index (χ4v) is 4.90. The normalized spacial score (nSPS) is 11.7. The van der Waals surface area contributed by atoms with Gasteiger partial charge in [0.15, 0.2) is 15.6 Å². The Morgan fingerprint density at radius 1 is 1.03 bits per heavy atom. The summed E-state index contributed by atoms with van der Waals surface area (Å²) in [5.41, 5.74) is 1.33. The standard InChI is InChI=1S/C28H31ClN2O6S/c1-6-38(35,36)17-18-11-12-20(26(33)21-9-7-8-10-24(21)29)22(13-18)23-16-31(5)25(32)14-19(23)15-30-27(34)37-28(2,3)4/h7-14,16H,6,15,17H2,1-5H3,(H,30,34). The number of carbonyl (C=O) groups is 2. The van der Waals surface area contributed by atoms with Crippen molar-refractivity contribution in [2.75, 3.05) is 5.75 Å². The molecule has 0 aliphatic carbocycles. The van der Waals surface area contributed by atoms with Crippen LogP contribution in [0.2, 0.25) is 5.02 Å². The lowest BCUT2D eigenvalue weighted by Gasteiger charge is -2.20.